The summed E-state index contributed by atoms with van der Waals surface area (Å²) in [5.41, 5.74) is 0. The molecule has 0 aliphatic heterocycles. The van der Waals surface area contributed by atoms with Gasteiger partial charge in [-0.1, -0.05) is 16.8 Å². The number of nitrogens with zero attached hydrogens (tertiary/aromatic N) is 1. The number of hydrogen-bond donors (Lipinski definition) is 2. The zero-order valence-corrected chi connectivity index (χ0v) is 7.87. The number of carboxylic acid groups (broad SMARTS) is 1. The molecule has 0 spiro atoms. The Bertz CT molecular complexity index is 221. The van der Waals surface area contributed by atoms with E-state index >= 15 is 0 Å². The predicted octanol–water partition coefficient (Wildman–Crippen LogP) is 1.90. The van der Waals surface area contributed by atoms with Gasteiger partial charge in [0.25, 0.3) is 0 Å². The first-order chi connectivity index (χ1) is 6.15. The van der Waals surface area contributed by atoms with Crippen molar-refractivity contribution < 1.29 is 15.1 Å². The summed E-state index contributed by atoms with van der Waals surface area (Å²) in [5, 5.41) is 20.2. The maximum absolute atomic E-state index is 10.6. The van der Waals surface area contributed by atoms with Crippen molar-refractivity contribution in [2.75, 3.05) is 0 Å². The smallest absolute Gasteiger partial charge is 0.306 e. The number of carboxylic acids is 1. The molecule has 1 saturated carbocycles. The molecule has 0 bridgehead atoms. The van der Waals surface area contributed by atoms with Gasteiger partial charge < -0.3 is 10.3 Å². The van der Waals surface area contributed by atoms with Crippen LogP contribution >= 0.6 is 11.6 Å². The molecule has 74 valence electrons. The van der Waals surface area contributed by atoms with E-state index in [4.69, 9.17) is 21.9 Å². The molecule has 1 rings (SSSR count). The molecular weight excluding hydrogens is 194 g/mol. The molecule has 2 N–H and O–H groups in total. The minimum Gasteiger partial charge on any atom is -0.481 e. The number of rotatable bonds is 2. The SMILES string of the molecule is O=C(O)C1CCC(/C(Cl)=N/O)CC1. The summed E-state index contributed by atoms with van der Waals surface area (Å²) >= 11 is 5.62. The van der Waals surface area contributed by atoms with Crippen LogP contribution in [0.15, 0.2) is 5.16 Å². The van der Waals surface area contributed by atoms with Crippen molar-refractivity contribution in [3.8, 4) is 0 Å². The third kappa shape index (κ3) is 2.59. The number of carbonyl (C=O) groups is 1. The lowest BCUT2D eigenvalue weighted by molar-refractivity contribution is -0.142. The Labute approximate surface area is 81.2 Å². The average molecular weight is 206 g/mol. The lowest BCUT2D eigenvalue weighted by Crippen LogP contribution is -2.23. The van der Waals surface area contributed by atoms with Gasteiger partial charge in [0, 0.05) is 5.92 Å². The van der Waals surface area contributed by atoms with Crippen LogP contribution in [0, 0.1) is 11.8 Å². The first kappa shape index (κ1) is 10.3. The average Bonchev–Trinajstić information content (AvgIpc) is 2.17. The monoisotopic (exact) mass is 205 g/mol. The zero-order chi connectivity index (χ0) is 9.84. The molecule has 0 aromatic rings. The summed E-state index contributed by atoms with van der Waals surface area (Å²) in [7, 11) is 0. The molecule has 0 saturated heterocycles. The van der Waals surface area contributed by atoms with Gasteiger partial charge in [-0.05, 0) is 25.7 Å². The van der Waals surface area contributed by atoms with E-state index in [0.29, 0.717) is 25.7 Å². The molecule has 4 nitrogen and oxygen atoms in total. The fraction of sp³-hybridized carbons (Fsp3) is 0.750. The summed E-state index contributed by atoms with van der Waals surface area (Å²) in [6.07, 6.45) is 2.62. The lowest BCUT2D eigenvalue weighted by atomic mass is 9.82. The van der Waals surface area contributed by atoms with Crippen LogP contribution in [0.1, 0.15) is 25.7 Å². The molecule has 1 aliphatic rings. The van der Waals surface area contributed by atoms with Gasteiger partial charge in [0.2, 0.25) is 0 Å². The second-order valence-electron chi connectivity index (χ2n) is 3.31. The molecule has 0 radical (unpaired) electrons. The number of hydrogen-bond acceptors (Lipinski definition) is 3. The lowest BCUT2D eigenvalue weighted by Gasteiger charge is -2.24. The van der Waals surface area contributed by atoms with Crippen LogP contribution in [-0.2, 0) is 4.79 Å². The molecule has 13 heavy (non-hydrogen) atoms. The first-order valence-electron chi connectivity index (χ1n) is 4.25. The van der Waals surface area contributed by atoms with Crippen molar-refractivity contribution in [3.63, 3.8) is 0 Å². The van der Waals surface area contributed by atoms with Gasteiger partial charge in [0.1, 0.15) is 5.17 Å². The molecule has 0 aromatic carbocycles. The maximum atomic E-state index is 10.6. The Morgan fingerprint density at radius 2 is 1.69 bits per heavy atom. The maximum Gasteiger partial charge on any atom is 0.306 e. The van der Waals surface area contributed by atoms with E-state index in [2.05, 4.69) is 5.16 Å². The van der Waals surface area contributed by atoms with E-state index < -0.39 is 5.97 Å². The van der Waals surface area contributed by atoms with Crippen LogP contribution in [0.3, 0.4) is 0 Å². The highest BCUT2D eigenvalue weighted by atomic mass is 35.5. The fourth-order valence-electron chi connectivity index (χ4n) is 1.66. The van der Waals surface area contributed by atoms with E-state index in [0.717, 1.165) is 0 Å². The molecule has 1 aliphatic carbocycles. The standard InChI is InChI=1S/C8H12ClNO3/c9-7(10-13)5-1-3-6(4-2-5)8(11)12/h5-6,13H,1-4H2,(H,11,12)/b10-7-. The quantitative estimate of drug-likeness (QED) is 0.411. The van der Waals surface area contributed by atoms with Gasteiger partial charge in [-0.3, -0.25) is 4.79 Å². The van der Waals surface area contributed by atoms with Crippen molar-refractivity contribution in [2.24, 2.45) is 17.0 Å². The summed E-state index contributed by atoms with van der Waals surface area (Å²) in [5.74, 6) is -0.947. The molecule has 0 heterocycles. The molecule has 0 aromatic heterocycles. The fourth-order valence-corrected chi connectivity index (χ4v) is 1.88. The molecule has 0 unspecified atom stereocenters. The minimum absolute atomic E-state index is 0.0438. The summed E-state index contributed by atoms with van der Waals surface area (Å²) < 4.78 is 0. The molecule has 5 heteroatoms. The Morgan fingerprint density at radius 1 is 1.23 bits per heavy atom. The van der Waals surface area contributed by atoms with Crippen LogP contribution in [0.5, 0.6) is 0 Å². The topological polar surface area (TPSA) is 69.9 Å². The van der Waals surface area contributed by atoms with Crippen molar-refractivity contribution >= 4 is 22.7 Å². The van der Waals surface area contributed by atoms with Crippen molar-refractivity contribution in [1.82, 2.24) is 0 Å². The van der Waals surface area contributed by atoms with Crippen LogP contribution in [0.25, 0.3) is 0 Å². The van der Waals surface area contributed by atoms with E-state index in [9.17, 15) is 4.79 Å². The summed E-state index contributed by atoms with van der Waals surface area (Å²) in [6.45, 7) is 0. The van der Waals surface area contributed by atoms with E-state index in [1.165, 1.54) is 0 Å². The van der Waals surface area contributed by atoms with Gasteiger partial charge in [-0.15, -0.1) is 0 Å². The zero-order valence-electron chi connectivity index (χ0n) is 7.11. The van der Waals surface area contributed by atoms with Crippen LogP contribution < -0.4 is 0 Å². The molecular formula is C8H12ClNO3. The normalized spacial score (nSPS) is 30.1. The van der Waals surface area contributed by atoms with Gasteiger partial charge in [0.05, 0.1) is 5.92 Å². The molecule has 1 fully saturated rings. The van der Waals surface area contributed by atoms with Gasteiger partial charge >= 0.3 is 5.97 Å². The number of halogens is 1. The predicted molar refractivity (Wildman–Crippen MR) is 48.2 cm³/mol. The van der Waals surface area contributed by atoms with Crippen LogP contribution in [-0.4, -0.2) is 21.5 Å². The Balaban J connectivity index is 2.43. The third-order valence-corrected chi connectivity index (χ3v) is 2.89. The number of oxime groups is 1. The third-order valence-electron chi connectivity index (χ3n) is 2.51. The second kappa shape index (κ2) is 4.46. The van der Waals surface area contributed by atoms with E-state index in [-0.39, 0.29) is 17.0 Å². The highest BCUT2D eigenvalue weighted by Crippen LogP contribution is 2.30. The van der Waals surface area contributed by atoms with Crippen molar-refractivity contribution in [3.05, 3.63) is 0 Å². The Hall–Kier alpha value is -0.770. The second-order valence-corrected chi connectivity index (χ2v) is 3.70. The van der Waals surface area contributed by atoms with E-state index in [1.807, 2.05) is 0 Å². The summed E-state index contributed by atoms with van der Waals surface area (Å²) in [4.78, 5) is 10.6. The van der Waals surface area contributed by atoms with Gasteiger partial charge in [0.15, 0.2) is 0 Å². The van der Waals surface area contributed by atoms with Crippen LogP contribution in [0.4, 0.5) is 0 Å². The van der Waals surface area contributed by atoms with Crippen molar-refractivity contribution in [2.45, 2.75) is 25.7 Å². The molecule has 0 atom stereocenters. The van der Waals surface area contributed by atoms with Crippen LogP contribution in [0.2, 0.25) is 0 Å². The molecule has 0 amide bonds. The van der Waals surface area contributed by atoms with E-state index in [1.54, 1.807) is 0 Å². The summed E-state index contributed by atoms with van der Waals surface area (Å²) in [6, 6.07) is 0. The van der Waals surface area contributed by atoms with Gasteiger partial charge in [-0.25, -0.2) is 0 Å². The van der Waals surface area contributed by atoms with Crippen molar-refractivity contribution in [1.29, 1.82) is 0 Å². The Kier molecular flexibility index (Phi) is 3.54. The highest BCUT2D eigenvalue weighted by molar-refractivity contribution is 6.65. The highest BCUT2D eigenvalue weighted by Gasteiger charge is 2.28. The minimum atomic E-state index is -0.740. The van der Waals surface area contributed by atoms with Gasteiger partial charge in [-0.2, -0.15) is 0 Å². The largest absolute Gasteiger partial charge is 0.481 e. The Morgan fingerprint density at radius 3 is 2.08 bits per heavy atom. The first-order valence-corrected chi connectivity index (χ1v) is 4.63. The number of aliphatic carboxylic acids is 1.